The van der Waals surface area contributed by atoms with Gasteiger partial charge < -0.3 is 4.74 Å². The van der Waals surface area contributed by atoms with Crippen LogP contribution in [0.5, 0.6) is 5.75 Å². The Morgan fingerprint density at radius 2 is 2.21 bits per heavy atom. The smallest absolute Gasteiger partial charge is 0.331 e. The maximum atomic E-state index is 13.4. The lowest BCUT2D eigenvalue weighted by Gasteiger charge is -2.08. The number of benzene rings is 1. The van der Waals surface area contributed by atoms with Gasteiger partial charge in [0.25, 0.3) is 5.84 Å². The molecule has 0 aromatic heterocycles. The molecule has 0 bridgehead atoms. The number of nitrogens with one attached hydrogen (secondary N) is 1. The van der Waals surface area contributed by atoms with Gasteiger partial charge in [0.05, 0.1) is 6.61 Å². The lowest BCUT2D eigenvalue weighted by Crippen LogP contribution is -2.25. The Morgan fingerprint density at radius 1 is 1.47 bits per heavy atom. The first-order valence-electron chi connectivity index (χ1n) is 5.99. The third-order valence-electron chi connectivity index (χ3n) is 2.86. The van der Waals surface area contributed by atoms with E-state index < -0.39 is 15.8 Å². The van der Waals surface area contributed by atoms with Gasteiger partial charge in [-0.05, 0) is 19.1 Å². The molecule has 0 unspecified atom stereocenters. The quantitative estimate of drug-likeness (QED) is 0.838. The Hall–Kier alpha value is -1.63. The summed E-state index contributed by atoms with van der Waals surface area (Å²) in [5, 5.41) is 2.95. The van der Waals surface area contributed by atoms with E-state index in [2.05, 4.69) is 5.32 Å². The molecule has 1 heterocycles. The summed E-state index contributed by atoms with van der Waals surface area (Å²) in [6.45, 7) is 4.62. The van der Waals surface area contributed by atoms with Crippen LogP contribution < -0.4 is 10.1 Å². The van der Waals surface area contributed by atoms with Crippen molar-refractivity contribution in [1.82, 2.24) is 5.32 Å². The van der Waals surface area contributed by atoms with Gasteiger partial charge in [0, 0.05) is 13.0 Å². The molecule has 1 aromatic carbocycles. The normalized spacial score (nSPS) is 15.5. The average molecular weight is 287 g/mol. The predicted octanol–water partition coefficient (Wildman–Crippen LogP) is 0.947. The number of hydrogen-bond acceptors (Lipinski definition) is 4. The summed E-state index contributed by atoms with van der Waals surface area (Å²) in [5.74, 6) is -0.0447. The largest absolute Gasteiger partial charge is 0.491 e. The van der Waals surface area contributed by atoms with E-state index in [-0.39, 0.29) is 17.3 Å². The van der Waals surface area contributed by atoms with Crippen LogP contribution in [0.15, 0.2) is 23.1 Å². The van der Waals surface area contributed by atoms with Crippen LogP contribution in [0.4, 0.5) is 4.39 Å². The second kappa shape index (κ2) is 5.16. The van der Waals surface area contributed by atoms with Gasteiger partial charge >= 0.3 is 10.0 Å². The molecule has 0 amide bonds. The van der Waals surface area contributed by atoms with Crippen LogP contribution in [0.3, 0.4) is 0 Å². The van der Waals surface area contributed by atoms with Crippen molar-refractivity contribution in [2.45, 2.75) is 18.7 Å². The minimum absolute atomic E-state index is 0.0281. The molecule has 0 fully saturated rings. The maximum Gasteiger partial charge on any atom is 0.331 e. The minimum atomic E-state index is -3.66. The van der Waals surface area contributed by atoms with Crippen molar-refractivity contribution in [1.29, 1.82) is 0 Å². The SMILES string of the molecule is CCOc1cc(S(=O)(=O)[N+]2=C(C)NCC2)ccc1F. The molecule has 7 heteroatoms. The van der Waals surface area contributed by atoms with E-state index in [1.54, 1.807) is 13.8 Å². The van der Waals surface area contributed by atoms with Gasteiger partial charge in [0.1, 0.15) is 18.0 Å². The molecule has 1 aliphatic rings. The zero-order valence-corrected chi connectivity index (χ0v) is 11.6. The third-order valence-corrected chi connectivity index (χ3v) is 4.75. The Labute approximate surface area is 111 Å². The topological polar surface area (TPSA) is 58.4 Å². The first-order chi connectivity index (χ1) is 8.96. The van der Waals surface area contributed by atoms with E-state index in [9.17, 15) is 12.8 Å². The van der Waals surface area contributed by atoms with Crippen LogP contribution in [-0.2, 0) is 10.0 Å². The highest BCUT2D eigenvalue weighted by Crippen LogP contribution is 2.23. The molecule has 0 radical (unpaired) electrons. The molecule has 1 aliphatic heterocycles. The molecule has 1 N–H and O–H groups in total. The van der Waals surface area contributed by atoms with Crippen LogP contribution in [0, 0.1) is 5.82 Å². The van der Waals surface area contributed by atoms with Crippen molar-refractivity contribution in [3.8, 4) is 5.75 Å². The van der Waals surface area contributed by atoms with E-state index >= 15 is 0 Å². The molecular formula is C12H16FN2O3S+. The number of nitrogens with zero attached hydrogens (tertiary/aromatic N) is 1. The summed E-state index contributed by atoms with van der Waals surface area (Å²) in [5.41, 5.74) is 0. The number of sulfonamides is 1. The third kappa shape index (κ3) is 2.56. The number of amidine groups is 1. The van der Waals surface area contributed by atoms with Gasteiger partial charge in [0.15, 0.2) is 11.6 Å². The average Bonchev–Trinajstić information content (AvgIpc) is 2.79. The Balaban J connectivity index is 2.47. The molecule has 104 valence electrons. The van der Waals surface area contributed by atoms with E-state index in [0.29, 0.717) is 18.9 Å². The van der Waals surface area contributed by atoms with Crippen molar-refractivity contribution >= 4 is 15.9 Å². The summed E-state index contributed by atoms with van der Waals surface area (Å²) < 4.78 is 44.6. The number of halogens is 1. The fraction of sp³-hybridized carbons (Fsp3) is 0.417. The standard InChI is InChI=1S/C12H15FN2O3S/c1-3-18-12-8-10(4-5-11(12)13)19(16,17)15-7-6-14-9(15)2/h4-5,8H,3,6-7H2,1-2H3/p+1. The lowest BCUT2D eigenvalue weighted by atomic mass is 10.3. The monoisotopic (exact) mass is 287 g/mol. The first-order valence-corrected chi connectivity index (χ1v) is 7.43. The molecule has 0 spiro atoms. The molecule has 0 saturated heterocycles. The van der Waals surface area contributed by atoms with Gasteiger partial charge in [-0.3, -0.25) is 5.32 Å². The highest BCUT2D eigenvalue weighted by molar-refractivity contribution is 7.85. The Kier molecular flexibility index (Phi) is 3.75. The van der Waals surface area contributed by atoms with Crippen LogP contribution in [0.25, 0.3) is 0 Å². The van der Waals surface area contributed by atoms with Crippen LogP contribution in [0.1, 0.15) is 13.8 Å². The Bertz CT molecular complexity index is 626. The van der Waals surface area contributed by atoms with Gasteiger partial charge in [0.2, 0.25) is 0 Å². The van der Waals surface area contributed by atoms with Crippen LogP contribution in [-0.4, -0.2) is 37.9 Å². The maximum absolute atomic E-state index is 13.4. The van der Waals surface area contributed by atoms with Crippen molar-refractivity contribution in [2.24, 2.45) is 0 Å². The highest BCUT2D eigenvalue weighted by atomic mass is 32.2. The highest BCUT2D eigenvalue weighted by Gasteiger charge is 2.31. The van der Waals surface area contributed by atoms with Crippen molar-refractivity contribution in [2.75, 3.05) is 19.7 Å². The van der Waals surface area contributed by atoms with Crippen molar-refractivity contribution in [3.05, 3.63) is 24.0 Å². The molecular weight excluding hydrogens is 271 g/mol. The summed E-state index contributed by atoms with van der Waals surface area (Å²) in [4.78, 5) is 0.0281. The zero-order chi connectivity index (χ0) is 14.0. The van der Waals surface area contributed by atoms with E-state index in [1.165, 1.54) is 16.1 Å². The first kappa shape index (κ1) is 13.8. The molecule has 2 rings (SSSR count). The minimum Gasteiger partial charge on any atom is -0.491 e. The van der Waals surface area contributed by atoms with Crippen molar-refractivity contribution in [3.63, 3.8) is 0 Å². The zero-order valence-electron chi connectivity index (χ0n) is 10.8. The molecule has 0 saturated carbocycles. The van der Waals surface area contributed by atoms with Gasteiger partial charge in [-0.2, -0.15) is 8.42 Å². The van der Waals surface area contributed by atoms with E-state index in [4.69, 9.17) is 4.74 Å². The molecule has 0 aliphatic carbocycles. The van der Waals surface area contributed by atoms with Gasteiger partial charge in [-0.25, -0.2) is 4.39 Å². The summed E-state index contributed by atoms with van der Waals surface area (Å²) >= 11 is 0. The van der Waals surface area contributed by atoms with Crippen LogP contribution >= 0.6 is 0 Å². The second-order valence-corrected chi connectivity index (χ2v) is 5.98. The molecule has 19 heavy (non-hydrogen) atoms. The Morgan fingerprint density at radius 3 is 2.79 bits per heavy atom. The second-order valence-electron chi connectivity index (χ2n) is 4.11. The number of hydrogen-bond donors (Lipinski definition) is 1. The predicted molar refractivity (Wildman–Crippen MR) is 68.6 cm³/mol. The van der Waals surface area contributed by atoms with E-state index in [1.807, 2.05) is 0 Å². The fourth-order valence-electron chi connectivity index (χ4n) is 1.93. The number of rotatable bonds is 4. The summed E-state index contributed by atoms with van der Waals surface area (Å²) in [6, 6.07) is 3.58. The summed E-state index contributed by atoms with van der Waals surface area (Å²) in [7, 11) is -3.66. The molecule has 1 aromatic rings. The number of ether oxygens (including phenoxy) is 1. The van der Waals surface area contributed by atoms with Gasteiger partial charge in [-0.1, -0.05) is 0 Å². The van der Waals surface area contributed by atoms with Crippen molar-refractivity contribution < 1.29 is 21.5 Å². The fourth-order valence-corrected chi connectivity index (χ4v) is 3.44. The van der Waals surface area contributed by atoms with Gasteiger partial charge in [-0.15, -0.1) is 3.98 Å². The molecule has 0 atom stereocenters. The van der Waals surface area contributed by atoms with Crippen LogP contribution in [0.2, 0.25) is 0 Å². The summed E-state index contributed by atoms with van der Waals surface area (Å²) in [6.07, 6.45) is 0. The molecule has 5 nitrogen and oxygen atoms in total. The van der Waals surface area contributed by atoms with E-state index in [0.717, 1.165) is 6.07 Å². The lowest BCUT2D eigenvalue weighted by molar-refractivity contribution is -0.353.